The first-order valence-corrected chi connectivity index (χ1v) is 11.2. The molecule has 0 N–H and O–H groups in total. The Morgan fingerprint density at radius 1 is 0.941 bits per heavy atom. The highest BCUT2D eigenvalue weighted by atomic mass is 35.5. The van der Waals surface area contributed by atoms with Gasteiger partial charge in [-0.1, -0.05) is 60.1 Å². The van der Waals surface area contributed by atoms with Crippen molar-refractivity contribution in [1.82, 2.24) is 9.99 Å². The molecule has 1 aliphatic heterocycles. The van der Waals surface area contributed by atoms with Crippen molar-refractivity contribution < 1.29 is 14.3 Å². The molecule has 0 saturated carbocycles. The maximum Gasteiger partial charge on any atom is 0.274 e. The molecule has 1 aromatic heterocycles. The molecule has 34 heavy (non-hydrogen) atoms. The van der Waals surface area contributed by atoms with Gasteiger partial charge in [-0.25, -0.2) is 9.99 Å². The summed E-state index contributed by atoms with van der Waals surface area (Å²) in [6.07, 6.45) is 0.517. The summed E-state index contributed by atoms with van der Waals surface area (Å²) in [6, 6.07) is 24.2. The second kappa shape index (κ2) is 9.15. The summed E-state index contributed by atoms with van der Waals surface area (Å²) in [5.41, 5.74) is 3.74. The molecule has 170 valence electrons. The van der Waals surface area contributed by atoms with Gasteiger partial charge in [-0.05, 0) is 29.8 Å². The molecule has 7 heteroatoms. The number of hydrogen-bond donors (Lipinski definition) is 0. The van der Waals surface area contributed by atoms with Gasteiger partial charge < -0.3 is 9.47 Å². The Kier molecular flexibility index (Phi) is 5.90. The quantitative estimate of drug-likeness (QED) is 0.340. The minimum absolute atomic E-state index is 0.194. The predicted molar refractivity (Wildman–Crippen MR) is 133 cm³/mol. The SMILES string of the molecule is COc1cc2cc([C@H]3CC(c4ccccc4)=NN3C(=O)c3ccccc3)c(Cl)nc2cc1OC. The van der Waals surface area contributed by atoms with Gasteiger partial charge in [-0.15, -0.1) is 0 Å². The van der Waals surface area contributed by atoms with Crippen LogP contribution < -0.4 is 9.47 Å². The Balaban J connectivity index is 1.61. The van der Waals surface area contributed by atoms with Crippen molar-refractivity contribution >= 4 is 34.1 Å². The van der Waals surface area contributed by atoms with E-state index in [1.807, 2.05) is 60.7 Å². The van der Waals surface area contributed by atoms with Gasteiger partial charge in [0.1, 0.15) is 5.15 Å². The molecule has 5 rings (SSSR count). The molecule has 6 nitrogen and oxygen atoms in total. The molecular formula is C27H22ClN3O3. The smallest absolute Gasteiger partial charge is 0.274 e. The average Bonchev–Trinajstić information content (AvgIpc) is 3.33. The molecule has 1 atom stereocenters. The van der Waals surface area contributed by atoms with Crippen LogP contribution in [0.2, 0.25) is 5.15 Å². The second-order valence-corrected chi connectivity index (χ2v) is 8.27. The van der Waals surface area contributed by atoms with Crippen molar-refractivity contribution in [2.45, 2.75) is 12.5 Å². The van der Waals surface area contributed by atoms with E-state index in [2.05, 4.69) is 4.98 Å². The minimum atomic E-state index is -0.402. The van der Waals surface area contributed by atoms with E-state index in [1.165, 1.54) is 5.01 Å². The lowest BCUT2D eigenvalue weighted by Gasteiger charge is -2.23. The number of ether oxygens (including phenoxy) is 2. The molecular weight excluding hydrogens is 450 g/mol. The molecule has 0 fully saturated rings. The van der Waals surface area contributed by atoms with Crippen LogP contribution in [0.4, 0.5) is 0 Å². The zero-order valence-electron chi connectivity index (χ0n) is 18.7. The van der Waals surface area contributed by atoms with Gasteiger partial charge in [0, 0.05) is 29.0 Å². The number of carbonyl (C=O) groups excluding carboxylic acids is 1. The number of aromatic nitrogens is 1. The third-order valence-corrected chi connectivity index (χ3v) is 6.21. The number of amides is 1. The number of hydrazone groups is 1. The Labute approximate surface area is 202 Å². The van der Waals surface area contributed by atoms with Crippen LogP contribution in [0.5, 0.6) is 11.5 Å². The summed E-state index contributed by atoms with van der Waals surface area (Å²) in [6.45, 7) is 0. The zero-order valence-corrected chi connectivity index (χ0v) is 19.5. The fourth-order valence-corrected chi connectivity index (χ4v) is 4.46. The molecule has 3 aromatic carbocycles. The van der Waals surface area contributed by atoms with Gasteiger partial charge >= 0.3 is 0 Å². The highest BCUT2D eigenvalue weighted by Gasteiger charge is 2.35. The van der Waals surface area contributed by atoms with Crippen molar-refractivity contribution in [1.29, 1.82) is 0 Å². The number of pyridine rings is 1. The molecule has 0 unspecified atom stereocenters. The van der Waals surface area contributed by atoms with E-state index in [1.54, 1.807) is 32.4 Å². The topological polar surface area (TPSA) is 64.0 Å². The summed E-state index contributed by atoms with van der Waals surface area (Å²) in [4.78, 5) is 18.1. The van der Waals surface area contributed by atoms with E-state index >= 15 is 0 Å². The van der Waals surface area contributed by atoms with Crippen LogP contribution in [0.15, 0.2) is 84.0 Å². The predicted octanol–water partition coefficient (Wildman–Crippen LogP) is 5.90. The van der Waals surface area contributed by atoms with Crippen LogP contribution in [-0.2, 0) is 0 Å². The highest BCUT2D eigenvalue weighted by molar-refractivity contribution is 6.30. The third kappa shape index (κ3) is 3.97. The molecule has 4 aromatic rings. The number of nitrogens with zero attached hydrogens (tertiary/aromatic N) is 3. The Morgan fingerprint density at radius 2 is 1.59 bits per heavy atom. The first-order chi connectivity index (χ1) is 16.6. The van der Waals surface area contributed by atoms with Crippen LogP contribution in [0.3, 0.4) is 0 Å². The van der Waals surface area contributed by atoms with Gasteiger partial charge in [0.15, 0.2) is 11.5 Å². The normalized spacial score (nSPS) is 15.3. The summed E-state index contributed by atoms with van der Waals surface area (Å²) in [5, 5.41) is 7.42. The van der Waals surface area contributed by atoms with Crippen LogP contribution in [0.1, 0.15) is 33.9 Å². The lowest BCUT2D eigenvalue weighted by molar-refractivity contribution is 0.0711. The first-order valence-electron chi connectivity index (χ1n) is 10.8. The van der Waals surface area contributed by atoms with Crippen molar-refractivity contribution in [2.75, 3.05) is 14.2 Å². The van der Waals surface area contributed by atoms with E-state index in [0.29, 0.717) is 34.2 Å². The minimum Gasteiger partial charge on any atom is -0.493 e. The number of hydrogen-bond acceptors (Lipinski definition) is 5. The number of halogens is 1. The van der Waals surface area contributed by atoms with Crippen LogP contribution in [0.25, 0.3) is 10.9 Å². The zero-order chi connectivity index (χ0) is 23.7. The Bertz CT molecular complexity index is 1390. The van der Waals surface area contributed by atoms with Gasteiger partial charge in [-0.3, -0.25) is 4.79 Å². The van der Waals surface area contributed by atoms with Crippen molar-refractivity contribution in [3.05, 3.63) is 101 Å². The number of rotatable bonds is 5. The average molecular weight is 472 g/mol. The molecule has 0 saturated heterocycles. The monoisotopic (exact) mass is 471 g/mol. The van der Waals surface area contributed by atoms with E-state index in [9.17, 15) is 4.79 Å². The highest BCUT2D eigenvalue weighted by Crippen LogP contribution is 2.40. The Hall–Kier alpha value is -3.90. The number of carbonyl (C=O) groups is 1. The molecule has 0 bridgehead atoms. The van der Waals surface area contributed by atoms with E-state index in [-0.39, 0.29) is 5.91 Å². The van der Waals surface area contributed by atoms with Crippen LogP contribution in [0, 0.1) is 0 Å². The second-order valence-electron chi connectivity index (χ2n) is 7.92. The number of methoxy groups -OCH3 is 2. The maximum absolute atomic E-state index is 13.5. The van der Waals surface area contributed by atoms with Crippen molar-refractivity contribution in [3.8, 4) is 11.5 Å². The van der Waals surface area contributed by atoms with Crippen molar-refractivity contribution in [2.24, 2.45) is 5.10 Å². The van der Waals surface area contributed by atoms with Gasteiger partial charge in [-0.2, -0.15) is 5.10 Å². The fourth-order valence-electron chi connectivity index (χ4n) is 4.19. The standard InChI is InChI=1S/C27H22ClN3O3/c1-33-24-14-19-13-20(26(28)29-21(19)16-25(24)34-2)23-15-22(17-9-5-3-6-10-17)30-31(23)27(32)18-11-7-4-8-12-18/h3-14,16,23H,15H2,1-2H3/t23-/m1/s1. The molecule has 2 heterocycles. The lowest BCUT2D eigenvalue weighted by Crippen LogP contribution is -2.27. The number of benzene rings is 3. The summed E-state index contributed by atoms with van der Waals surface area (Å²) in [7, 11) is 3.17. The van der Waals surface area contributed by atoms with Crippen molar-refractivity contribution in [3.63, 3.8) is 0 Å². The molecule has 1 amide bonds. The lowest BCUT2D eigenvalue weighted by atomic mass is 9.98. The first kappa shape index (κ1) is 21.9. The summed E-state index contributed by atoms with van der Waals surface area (Å²) in [5.74, 6) is 0.970. The van der Waals surface area contributed by atoms with Gasteiger partial charge in [0.05, 0.1) is 31.5 Å². The summed E-state index contributed by atoms with van der Waals surface area (Å²) < 4.78 is 10.9. The van der Waals surface area contributed by atoms with E-state index < -0.39 is 6.04 Å². The Morgan fingerprint density at radius 3 is 2.26 bits per heavy atom. The maximum atomic E-state index is 13.5. The molecule has 0 aliphatic carbocycles. The van der Waals surface area contributed by atoms with Gasteiger partial charge in [0.2, 0.25) is 0 Å². The van der Waals surface area contributed by atoms with Crippen LogP contribution in [-0.4, -0.2) is 35.8 Å². The van der Waals surface area contributed by atoms with E-state index in [4.69, 9.17) is 26.2 Å². The summed E-state index contributed by atoms with van der Waals surface area (Å²) >= 11 is 6.69. The molecule has 1 aliphatic rings. The molecule has 0 radical (unpaired) electrons. The molecule has 0 spiro atoms. The van der Waals surface area contributed by atoms with Gasteiger partial charge in [0.25, 0.3) is 5.91 Å². The van der Waals surface area contributed by atoms with E-state index in [0.717, 1.165) is 22.2 Å². The van der Waals surface area contributed by atoms with Crippen LogP contribution >= 0.6 is 11.6 Å². The fraction of sp³-hybridized carbons (Fsp3) is 0.148. The largest absolute Gasteiger partial charge is 0.493 e. The third-order valence-electron chi connectivity index (χ3n) is 5.91. The number of fused-ring (bicyclic) bond motifs is 1.